The summed E-state index contributed by atoms with van der Waals surface area (Å²) in [4.78, 5) is 42.6. The van der Waals surface area contributed by atoms with Crippen LogP contribution in [0.4, 0.5) is 37.8 Å². The predicted octanol–water partition coefficient (Wildman–Crippen LogP) is 4.73. The highest BCUT2D eigenvalue weighted by molar-refractivity contribution is 6.00. The van der Waals surface area contributed by atoms with E-state index in [0.29, 0.717) is 45.0 Å². The highest BCUT2D eigenvalue weighted by atomic mass is 19.4. The van der Waals surface area contributed by atoms with Crippen LogP contribution in [0, 0.1) is 11.3 Å². The third kappa shape index (κ3) is 10.1. The molecule has 21 heteroatoms. The van der Waals surface area contributed by atoms with E-state index < -0.39 is 24.3 Å². The fourth-order valence-corrected chi connectivity index (χ4v) is 5.93. The summed E-state index contributed by atoms with van der Waals surface area (Å²) in [5.41, 5.74) is 6.66. The Bertz CT molecular complexity index is 2230. The number of para-hydroxylation sites is 1. The monoisotopic (exact) mass is 801 g/mol. The van der Waals surface area contributed by atoms with Gasteiger partial charge in [-0.25, -0.2) is 19.1 Å². The molecule has 2 aliphatic rings. The Kier molecular flexibility index (Phi) is 12.7. The Labute approximate surface area is 319 Å². The van der Waals surface area contributed by atoms with Gasteiger partial charge >= 0.3 is 24.3 Å². The molecule has 4 aromatic heterocycles. The number of alkyl halides is 6. The molecule has 2 aliphatic heterocycles. The van der Waals surface area contributed by atoms with Crippen molar-refractivity contribution in [3.63, 3.8) is 0 Å². The maximum absolute atomic E-state index is 13.6. The first-order valence-corrected chi connectivity index (χ1v) is 16.9. The number of carboxylic acid groups (broad SMARTS) is 2. The van der Waals surface area contributed by atoms with E-state index in [1.54, 1.807) is 15.4 Å². The Balaban J connectivity index is 0.000000380. The van der Waals surface area contributed by atoms with Crippen molar-refractivity contribution in [2.75, 3.05) is 62.3 Å². The summed E-state index contributed by atoms with van der Waals surface area (Å²) in [7, 11) is 1.88. The fourth-order valence-electron chi connectivity index (χ4n) is 5.93. The number of nitriles is 1. The minimum absolute atomic E-state index is 0.0664. The van der Waals surface area contributed by atoms with E-state index in [2.05, 4.69) is 32.1 Å². The first-order chi connectivity index (χ1) is 27.0. The standard InChI is InChI=1S/C32H31N9O2.2C2HF3O2/c1-37-21-26(20-35-37)24-16-28(31-25(17-33)19-36-41(31)22-24)23-6-7-30(34-18-23)39-8-10-40(11-9-39)32(42)27-4-2-3-5-29(27)38-12-14-43-15-13-38;2*3-2(4,5)1(6)7/h2-7,16,18-22H,8-15H2,1H3;2*(H,6,7). The number of fused-ring (bicyclic) bond motifs is 1. The number of morpholine rings is 1. The van der Waals surface area contributed by atoms with Crippen molar-refractivity contribution >= 4 is 34.9 Å². The molecule has 2 fully saturated rings. The Morgan fingerprint density at radius 2 is 1.40 bits per heavy atom. The fraction of sp³-hybridized carbons (Fsp3) is 0.306. The van der Waals surface area contributed by atoms with Gasteiger partial charge in [-0.2, -0.15) is 41.8 Å². The molecule has 57 heavy (non-hydrogen) atoms. The van der Waals surface area contributed by atoms with Gasteiger partial charge < -0.3 is 29.6 Å². The highest BCUT2D eigenvalue weighted by Crippen LogP contribution is 2.32. The molecule has 6 heterocycles. The van der Waals surface area contributed by atoms with Crippen molar-refractivity contribution in [3.8, 4) is 28.3 Å². The SMILES string of the molecule is Cn1cc(-c2cc(-c3ccc(N4CCN(C(=O)c5ccccc5N5CCOCC5)CC4)nc3)c3c(C#N)cnn3c2)cn1.O=C(O)C(F)(F)F.O=C(O)C(F)(F)F. The molecule has 5 aromatic rings. The maximum atomic E-state index is 13.6. The van der Waals surface area contributed by atoms with Crippen molar-refractivity contribution in [2.24, 2.45) is 7.05 Å². The van der Waals surface area contributed by atoms with Crippen molar-refractivity contribution in [1.82, 2.24) is 29.3 Å². The quantitative estimate of drug-likeness (QED) is 0.234. The van der Waals surface area contributed by atoms with Crippen LogP contribution in [0.5, 0.6) is 0 Å². The number of piperazine rings is 1. The molecule has 1 amide bonds. The number of carbonyl (C=O) groups is 3. The number of amides is 1. The smallest absolute Gasteiger partial charge is 0.475 e. The number of rotatable bonds is 5. The summed E-state index contributed by atoms with van der Waals surface area (Å²) in [5.74, 6) is -4.59. The molecule has 1 aromatic carbocycles. The average molecular weight is 802 g/mol. The first kappa shape index (κ1) is 41.5. The van der Waals surface area contributed by atoms with E-state index >= 15 is 0 Å². The van der Waals surface area contributed by atoms with Gasteiger partial charge in [-0.15, -0.1) is 0 Å². The summed E-state index contributed by atoms with van der Waals surface area (Å²) in [5, 5.41) is 32.7. The van der Waals surface area contributed by atoms with Gasteiger partial charge in [-0.3, -0.25) is 9.48 Å². The summed E-state index contributed by atoms with van der Waals surface area (Å²) >= 11 is 0. The van der Waals surface area contributed by atoms with Gasteiger partial charge in [0.1, 0.15) is 11.9 Å². The number of ether oxygens (including phenoxy) is 1. The lowest BCUT2D eigenvalue weighted by Crippen LogP contribution is -2.49. The van der Waals surface area contributed by atoms with Crippen LogP contribution in [0.15, 0.2) is 73.4 Å². The van der Waals surface area contributed by atoms with E-state index in [1.807, 2.05) is 73.1 Å². The van der Waals surface area contributed by atoms with Crippen molar-refractivity contribution in [1.29, 1.82) is 5.26 Å². The third-order valence-corrected chi connectivity index (χ3v) is 8.69. The number of carboxylic acids is 2. The lowest BCUT2D eigenvalue weighted by Gasteiger charge is -2.36. The van der Waals surface area contributed by atoms with Crippen molar-refractivity contribution in [3.05, 3.63) is 84.6 Å². The van der Waals surface area contributed by atoms with Gasteiger partial charge in [0.05, 0.1) is 42.3 Å². The van der Waals surface area contributed by atoms with E-state index in [1.165, 1.54) is 0 Å². The number of hydrogen-bond donors (Lipinski definition) is 2. The Morgan fingerprint density at radius 1 is 0.772 bits per heavy atom. The summed E-state index contributed by atoms with van der Waals surface area (Å²) in [6, 6.07) is 16.3. The molecular formula is C36H33F6N9O6. The number of aliphatic carboxylic acids is 2. The topological polar surface area (TPSA) is 182 Å². The molecule has 15 nitrogen and oxygen atoms in total. The molecular weight excluding hydrogens is 768 g/mol. The lowest BCUT2D eigenvalue weighted by molar-refractivity contribution is -0.193. The molecule has 0 atom stereocenters. The number of anilines is 2. The predicted molar refractivity (Wildman–Crippen MR) is 190 cm³/mol. The zero-order valence-corrected chi connectivity index (χ0v) is 29.9. The van der Waals surface area contributed by atoms with Gasteiger partial charge in [0.15, 0.2) is 0 Å². The zero-order valence-electron chi connectivity index (χ0n) is 29.9. The van der Waals surface area contributed by atoms with Gasteiger partial charge in [0.25, 0.3) is 5.91 Å². The lowest BCUT2D eigenvalue weighted by atomic mass is 10.0. The third-order valence-electron chi connectivity index (χ3n) is 8.69. The Morgan fingerprint density at radius 3 is 1.95 bits per heavy atom. The minimum Gasteiger partial charge on any atom is -0.475 e. The number of aryl methyl sites for hydroxylation is 1. The Hall–Kier alpha value is -6.69. The van der Waals surface area contributed by atoms with Crippen LogP contribution < -0.4 is 9.80 Å². The van der Waals surface area contributed by atoms with Crippen LogP contribution in [0.25, 0.3) is 27.8 Å². The van der Waals surface area contributed by atoms with Gasteiger partial charge in [-0.05, 0) is 30.3 Å². The first-order valence-electron chi connectivity index (χ1n) is 16.9. The summed E-state index contributed by atoms with van der Waals surface area (Å²) < 4.78 is 72.5. The zero-order chi connectivity index (χ0) is 41.5. The number of nitrogens with zero attached hydrogens (tertiary/aromatic N) is 9. The number of pyridine rings is 2. The van der Waals surface area contributed by atoms with Crippen molar-refractivity contribution in [2.45, 2.75) is 12.4 Å². The van der Waals surface area contributed by atoms with E-state index in [0.717, 1.165) is 57.9 Å². The molecule has 0 unspecified atom stereocenters. The second-order valence-corrected chi connectivity index (χ2v) is 12.4. The average Bonchev–Trinajstić information content (AvgIpc) is 3.83. The van der Waals surface area contributed by atoms with Crippen LogP contribution in [0.2, 0.25) is 0 Å². The second-order valence-electron chi connectivity index (χ2n) is 12.4. The van der Waals surface area contributed by atoms with Gasteiger partial charge in [0.2, 0.25) is 0 Å². The molecule has 300 valence electrons. The number of aromatic nitrogens is 5. The van der Waals surface area contributed by atoms with Crippen LogP contribution >= 0.6 is 0 Å². The van der Waals surface area contributed by atoms with Crippen LogP contribution in [-0.2, 0) is 21.4 Å². The normalized spacial score (nSPS) is 14.5. The minimum atomic E-state index is -5.08. The second kappa shape index (κ2) is 17.4. The van der Waals surface area contributed by atoms with Crippen LogP contribution in [-0.4, -0.2) is 122 Å². The number of halogens is 6. The van der Waals surface area contributed by atoms with Crippen molar-refractivity contribution < 1.29 is 55.7 Å². The van der Waals surface area contributed by atoms with E-state index in [-0.39, 0.29) is 5.91 Å². The molecule has 0 saturated carbocycles. The molecule has 0 radical (unpaired) electrons. The molecule has 0 aliphatic carbocycles. The number of benzene rings is 1. The maximum Gasteiger partial charge on any atom is 0.490 e. The van der Waals surface area contributed by atoms with Gasteiger partial charge in [-0.1, -0.05) is 12.1 Å². The number of carbonyl (C=O) groups excluding carboxylic acids is 1. The number of hydrogen-bond acceptors (Lipinski definition) is 10. The molecule has 7 rings (SSSR count). The molecule has 0 spiro atoms. The van der Waals surface area contributed by atoms with E-state index in [4.69, 9.17) is 29.5 Å². The summed E-state index contributed by atoms with van der Waals surface area (Å²) in [6.45, 7) is 5.56. The van der Waals surface area contributed by atoms with Crippen LogP contribution in [0.1, 0.15) is 15.9 Å². The van der Waals surface area contributed by atoms with Gasteiger partial charge in [0, 0.05) is 92.8 Å². The van der Waals surface area contributed by atoms with Crippen LogP contribution in [0.3, 0.4) is 0 Å². The highest BCUT2D eigenvalue weighted by Gasteiger charge is 2.39. The molecule has 0 bridgehead atoms. The largest absolute Gasteiger partial charge is 0.490 e. The molecule has 2 N–H and O–H groups in total. The summed E-state index contributed by atoms with van der Waals surface area (Å²) in [6.07, 6.45) is -1.05. The van der Waals surface area contributed by atoms with E-state index in [9.17, 15) is 36.4 Å². The molecule has 2 saturated heterocycles.